The van der Waals surface area contributed by atoms with Crippen LogP contribution in [0.5, 0.6) is 0 Å². The van der Waals surface area contributed by atoms with Crippen LogP contribution in [0.3, 0.4) is 0 Å². The molecule has 0 aromatic heterocycles. The molecule has 0 aliphatic carbocycles. The molecule has 2 rings (SSSR count). The Kier molecular flexibility index (Phi) is 5.34. The van der Waals surface area contributed by atoms with Crippen LogP contribution in [0.4, 0.5) is 4.39 Å². The summed E-state index contributed by atoms with van der Waals surface area (Å²) in [6, 6.07) is 7.50. The molecule has 0 bridgehead atoms. The van der Waals surface area contributed by atoms with Crippen LogP contribution in [0.1, 0.15) is 51.1 Å². The summed E-state index contributed by atoms with van der Waals surface area (Å²) in [7, 11) is 0. The molecule has 1 saturated heterocycles. The Balaban J connectivity index is 1.89. The van der Waals surface area contributed by atoms with Gasteiger partial charge < -0.3 is 10.1 Å². The first-order valence-electron chi connectivity index (χ1n) is 7.32. The minimum atomic E-state index is -0.165. The first kappa shape index (κ1) is 14.5. The van der Waals surface area contributed by atoms with Gasteiger partial charge in [0.15, 0.2) is 0 Å². The van der Waals surface area contributed by atoms with Gasteiger partial charge in [0.25, 0.3) is 0 Å². The maximum atomic E-state index is 13.2. The van der Waals surface area contributed by atoms with Crippen molar-refractivity contribution in [3.05, 3.63) is 35.6 Å². The molecule has 1 aliphatic heterocycles. The number of hydrogen-bond acceptors (Lipinski definition) is 2. The molecule has 106 valence electrons. The summed E-state index contributed by atoms with van der Waals surface area (Å²) < 4.78 is 19.0. The smallest absolute Gasteiger partial charge is 0.123 e. The summed E-state index contributed by atoms with van der Waals surface area (Å²) in [4.78, 5) is 0. The summed E-state index contributed by atoms with van der Waals surface area (Å²) in [5, 5.41) is 3.60. The molecule has 2 nitrogen and oxygen atoms in total. The van der Waals surface area contributed by atoms with Gasteiger partial charge >= 0.3 is 0 Å². The zero-order chi connectivity index (χ0) is 13.7. The Hall–Kier alpha value is -0.930. The second kappa shape index (κ2) is 7.01. The van der Waals surface area contributed by atoms with Crippen molar-refractivity contribution < 1.29 is 9.13 Å². The maximum absolute atomic E-state index is 13.2. The van der Waals surface area contributed by atoms with Crippen molar-refractivity contribution in [3.63, 3.8) is 0 Å². The number of nitrogens with one attached hydrogen (secondary N) is 1. The molecule has 1 aromatic carbocycles. The minimum Gasteiger partial charge on any atom is -0.378 e. The lowest BCUT2D eigenvalue weighted by atomic mass is 9.98. The molecule has 0 saturated carbocycles. The van der Waals surface area contributed by atoms with Gasteiger partial charge in [0.2, 0.25) is 0 Å². The fourth-order valence-electron chi connectivity index (χ4n) is 2.78. The zero-order valence-corrected chi connectivity index (χ0v) is 11.9. The van der Waals surface area contributed by atoms with Crippen molar-refractivity contribution in [2.45, 2.75) is 57.7 Å². The van der Waals surface area contributed by atoms with Crippen LogP contribution < -0.4 is 5.32 Å². The number of rotatable bonds is 5. The number of benzene rings is 1. The fraction of sp³-hybridized carbons (Fsp3) is 0.625. The van der Waals surface area contributed by atoms with Gasteiger partial charge in [-0.2, -0.15) is 0 Å². The van der Waals surface area contributed by atoms with Crippen molar-refractivity contribution in [3.8, 4) is 0 Å². The van der Waals surface area contributed by atoms with E-state index < -0.39 is 0 Å². The SMILES string of the molecule is CCCC1CC(N[C@@H](C)c2cccc(F)c2)CCO1. The van der Waals surface area contributed by atoms with E-state index in [1.54, 1.807) is 12.1 Å². The highest BCUT2D eigenvalue weighted by molar-refractivity contribution is 5.19. The van der Waals surface area contributed by atoms with Crippen molar-refractivity contribution in [2.75, 3.05) is 6.61 Å². The fourth-order valence-corrected chi connectivity index (χ4v) is 2.78. The Morgan fingerprint density at radius 3 is 3.05 bits per heavy atom. The lowest BCUT2D eigenvalue weighted by Gasteiger charge is -2.32. The van der Waals surface area contributed by atoms with Crippen LogP contribution in [0.2, 0.25) is 0 Å². The summed E-state index contributed by atoms with van der Waals surface area (Å²) in [6.07, 6.45) is 4.78. The van der Waals surface area contributed by atoms with E-state index in [9.17, 15) is 4.39 Å². The predicted octanol–water partition coefficient (Wildman–Crippen LogP) is 3.82. The van der Waals surface area contributed by atoms with E-state index in [2.05, 4.69) is 19.2 Å². The Bertz CT molecular complexity index is 394. The molecule has 1 aromatic rings. The molecule has 0 radical (unpaired) electrons. The molecule has 1 fully saturated rings. The standard InChI is InChI=1S/C16H24FNO/c1-3-5-16-11-15(8-9-19-16)18-12(2)13-6-4-7-14(17)10-13/h4,6-7,10,12,15-16,18H,3,5,8-9,11H2,1-2H3/t12-,15?,16?/m0/s1. The van der Waals surface area contributed by atoms with E-state index in [0.29, 0.717) is 12.1 Å². The molecule has 1 heterocycles. The van der Waals surface area contributed by atoms with E-state index >= 15 is 0 Å². The summed E-state index contributed by atoms with van der Waals surface area (Å²) in [5.41, 5.74) is 1.01. The molecule has 0 spiro atoms. The Morgan fingerprint density at radius 2 is 2.32 bits per heavy atom. The highest BCUT2D eigenvalue weighted by atomic mass is 19.1. The van der Waals surface area contributed by atoms with Gasteiger partial charge in [-0.3, -0.25) is 0 Å². The first-order valence-corrected chi connectivity index (χ1v) is 7.32. The Labute approximate surface area is 115 Å². The second-order valence-corrected chi connectivity index (χ2v) is 5.45. The summed E-state index contributed by atoms with van der Waals surface area (Å²) in [5.74, 6) is -0.165. The highest BCUT2D eigenvalue weighted by Crippen LogP contribution is 2.21. The molecular formula is C16H24FNO. The largest absolute Gasteiger partial charge is 0.378 e. The van der Waals surface area contributed by atoms with Gasteiger partial charge in [-0.15, -0.1) is 0 Å². The van der Waals surface area contributed by atoms with Gasteiger partial charge in [-0.25, -0.2) is 4.39 Å². The first-order chi connectivity index (χ1) is 9.19. The molecule has 3 atom stereocenters. The zero-order valence-electron chi connectivity index (χ0n) is 11.9. The molecule has 1 N–H and O–H groups in total. The lowest BCUT2D eigenvalue weighted by molar-refractivity contribution is -0.00473. The van der Waals surface area contributed by atoms with Crippen LogP contribution >= 0.6 is 0 Å². The van der Waals surface area contributed by atoms with Crippen molar-refractivity contribution in [1.82, 2.24) is 5.32 Å². The molecule has 1 aliphatic rings. The maximum Gasteiger partial charge on any atom is 0.123 e. The van der Waals surface area contributed by atoms with Crippen LogP contribution in [0.25, 0.3) is 0 Å². The third-order valence-electron chi connectivity index (χ3n) is 3.81. The van der Waals surface area contributed by atoms with E-state index in [1.807, 2.05) is 6.07 Å². The quantitative estimate of drug-likeness (QED) is 0.873. The van der Waals surface area contributed by atoms with Crippen molar-refractivity contribution in [2.24, 2.45) is 0 Å². The summed E-state index contributed by atoms with van der Waals surface area (Å²) in [6.45, 7) is 5.12. The van der Waals surface area contributed by atoms with Crippen molar-refractivity contribution >= 4 is 0 Å². The molecule has 19 heavy (non-hydrogen) atoms. The van der Waals surface area contributed by atoms with E-state index in [1.165, 1.54) is 6.07 Å². The second-order valence-electron chi connectivity index (χ2n) is 5.45. The van der Waals surface area contributed by atoms with E-state index in [0.717, 1.165) is 37.9 Å². The van der Waals surface area contributed by atoms with Gasteiger partial charge in [-0.1, -0.05) is 25.5 Å². The lowest BCUT2D eigenvalue weighted by Crippen LogP contribution is -2.40. The molecule has 3 heteroatoms. The highest BCUT2D eigenvalue weighted by Gasteiger charge is 2.23. The van der Waals surface area contributed by atoms with Crippen LogP contribution in [0.15, 0.2) is 24.3 Å². The monoisotopic (exact) mass is 265 g/mol. The van der Waals surface area contributed by atoms with Crippen molar-refractivity contribution in [1.29, 1.82) is 0 Å². The van der Waals surface area contributed by atoms with Crippen LogP contribution in [0, 0.1) is 5.82 Å². The molecule has 2 unspecified atom stereocenters. The minimum absolute atomic E-state index is 0.165. The number of hydrogen-bond donors (Lipinski definition) is 1. The van der Waals surface area contributed by atoms with E-state index in [-0.39, 0.29) is 11.9 Å². The van der Waals surface area contributed by atoms with Gasteiger partial charge in [-0.05, 0) is 43.9 Å². The predicted molar refractivity (Wildman–Crippen MR) is 75.6 cm³/mol. The van der Waals surface area contributed by atoms with Crippen LogP contribution in [-0.4, -0.2) is 18.8 Å². The average Bonchev–Trinajstić information content (AvgIpc) is 2.39. The Morgan fingerprint density at radius 1 is 1.47 bits per heavy atom. The van der Waals surface area contributed by atoms with Gasteiger partial charge in [0.1, 0.15) is 5.82 Å². The third-order valence-corrected chi connectivity index (χ3v) is 3.81. The van der Waals surface area contributed by atoms with E-state index in [4.69, 9.17) is 4.74 Å². The van der Waals surface area contributed by atoms with Crippen LogP contribution in [-0.2, 0) is 4.74 Å². The number of halogens is 1. The average molecular weight is 265 g/mol. The summed E-state index contributed by atoms with van der Waals surface area (Å²) >= 11 is 0. The normalized spacial score (nSPS) is 25.2. The topological polar surface area (TPSA) is 21.3 Å². The van der Waals surface area contributed by atoms with Gasteiger partial charge in [0.05, 0.1) is 6.10 Å². The van der Waals surface area contributed by atoms with Gasteiger partial charge in [0, 0.05) is 18.7 Å². The number of ether oxygens (including phenoxy) is 1. The molecule has 0 amide bonds. The molecular weight excluding hydrogens is 241 g/mol. The third kappa shape index (κ3) is 4.29.